The van der Waals surface area contributed by atoms with Crippen molar-refractivity contribution in [3.05, 3.63) is 0 Å². The Kier molecular flexibility index (Phi) is 32.1. The van der Waals surface area contributed by atoms with Crippen molar-refractivity contribution in [1.29, 1.82) is 0 Å². The molecule has 404 valence electrons. The van der Waals surface area contributed by atoms with E-state index in [9.17, 15) is 43.2 Å². The van der Waals surface area contributed by atoms with Gasteiger partial charge in [-0.2, -0.15) is 0 Å². The van der Waals surface area contributed by atoms with Crippen LogP contribution >= 0.6 is 0 Å². The van der Waals surface area contributed by atoms with Gasteiger partial charge in [0.05, 0.1) is 0 Å². The summed E-state index contributed by atoms with van der Waals surface area (Å²) in [6, 6.07) is -8.45. The van der Waals surface area contributed by atoms with Gasteiger partial charge in [-0.05, 0) is 126 Å². The molecule has 0 heterocycles. The molecule has 9 amide bonds. The molecule has 0 unspecified atom stereocenters. The summed E-state index contributed by atoms with van der Waals surface area (Å²) in [5.41, 5.74) is 17.0. The SMILES string of the molecule is CC(=O)N[C@@H](CCCCN)C(=O)N[C@@H](CCCCN)C(=O)N[C@@H](CC(C)C)C(=O)N[C@@H](CC(C)C)C(=O)N[C@@H](CC(C)C)C(=O)N[C@@H](CC(C)C)C(=O)N[C@@H](CC(C)C)C(=O)N[C@@H](CC(C)C)C(N)=O. The zero-order valence-corrected chi connectivity index (χ0v) is 44.9. The predicted molar refractivity (Wildman–Crippen MR) is 273 cm³/mol. The number of rotatable bonds is 36. The fraction of sp³-hybridized carbons (Fsp3) is 0.820. The van der Waals surface area contributed by atoms with Crippen molar-refractivity contribution in [2.45, 2.75) is 215 Å². The van der Waals surface area contributed by atoms with Crippen molar-refractivity contribution >= 4 is 53.2 Å². The molecule has 0 rings (SSSR count). The molecule has 20 heteroatoms. The van der Waals surface area contributed by atoms with Gasteiger partial charge in [0.1, 0.15) is 48.3 Å². The smallest absolute Gasteiger partial charge is 0.243 e. The lowest BCUT2D eigenvalue weighted by Gasteiger charge is -2.30. The van der Waals surface area contributed by atoms with Crippen LogP contribution in [-0.2, 0) is 43.2 Å². The zero-order chi connectivity index (χ0) is 53.8. The second-order valence-electron chi connectivity index (χ2n) is 21.4. The van der Waals surface area contributed by atoms with Gasteiger partial charge in [0, 0.05) is 6.92 Å². The lowest BCUT2D eigenvalue weighted by Crippen LogP contribution is -2.60. The maximum atomic E-state index is 14.3. The van der Waals surface area contributed by atoms with E-state index in [0.29, 0.717) is 51.6 Å². The van der Waals surface area contributed by atoms with Gasteiger partial charge in [0.2, 0.25) is 53.2 Å². The molecule has 0 aliphatic carbocycles. The maximum Gasteiger partial charge on any atom is 0.243 e. The Balaban J connectivity index is 6.64. The molecule has 0 aliphatic rings. The largest absolute Gasteiger partial charge is 0.368 e. The summed E-state index contributed by atoms with van der Waals surface area (Å²) in [4.78, 5) is 122. The Morgan fingerprint density at radius 2 is 0.514 bits per heavy atom. The lowest BCUT2D eigenvalue weighted by molar-refractivity contribution is -0.136. The van der Waals surface area contributed by atoms with E-state index < -0.39 is 101 Å². The molecule has 0 spiro atoms. The predicted octanol–water partition coefficient (Wildman–Crippen LogP) is 1.90. The van der Waals surface area contributed by atoms with E-state index in [1.54, 1.807) is 0 Å². The van der Waals surface area contributed by atoms with Crippen LogP contribution in [0, 0.1) is 35.5 Å². The molecule has 70 heavy (non-hydrogen) atoms. The van der Waals surface area contributed by atoms with Gasteiger partial charge in [-0.15, -0.1) is 0 Å². The highest BCUT2D eigenvalue weighted by Crippen LogP contribution is 2.15. The Hall–Kier alpha value is -4.85. The first-order valence-corrected chi connectivity index (χ1v) is 25.7. The Labute approximate surface area is 418 Å². The van der Waals surface area contributed by atoms with Crippen molar-refractivity contribution in [2.24, 2.45) is 52.7 Å². The summed E-state index contributed by atoms with van der Waals surface area (Å²) in [5, 5.41) is 22.2. The number of nitrogens with one attached hydrogen (secondary N) is 8. The molecule has 0 saturated heterocycles. The minimum absolute atomic E-state index is 0.0313. The summed E-state index contributed by atoms with van der Waals surface area (Å²) in [6.45, 7) is 24.6. The van der Waals surface area contributed by atoms with Crippen molar-refractivity contribution < 1.29 is 43.2 Å². The molecule has 0 aromatic rings. The van der Waals surface area contributed by atoms with Gasteiger partial charge in [-0.1, -0.05) is 83.1 Å². The minimum Gasteiger partial charge on any atom is -0.368 e. The fourth-order valence-electron chi connectivity index (χ4n) is 7.91. The Bertz CT molecular complexity index is 1660. The van der Waals surface area contributed by atoms with Crippen molar-refractivity contribution in [1.82, 2.24) is 42.5 Å². The van der Waals surface area contributed by atoms with Gasteiger partial charge in [-0.25, -0.2) is 0 Å². The Morgan fingerprint density at radius 3 is 0.729 bits per heavy atom. The molecule has 0 aromatic heterocycles. The van der Waals surface area contributed by atoms with E-state index >= 15 is 0 Å². The van der Waals surface area contributed by atoms with Crippen molar-refractivity contribution in [2.75, 3.05) is 13.1 Å². The zero-order valence-electron chi connectivity index (χ0n) is 44.9. The molecule has 20 nitrogen and oxygen atoms in total. The van der Waals surface area contributed by atoms with Gasteiger partial charge in [0.25, 0.3) is 0 Å². The topological polar surface area (TPSA) is 328 Å². The first-order chi connectivity index (χ1) is 32.6. The van der Waals surface area contributed by atoms with E-state index in [2.05, 4.69) is 42.5 Å². The molecule has 0 bridgehead atoms. The highest BCUT2D eigenvalue weighted by Gasteiger charge is 2.35. The van der Waals surface area contributed by atoms with E-state index in [0.717, 1.165) is 0 Å². The normalized spacial score (nSPS) is 15.0. The molecule has 0 fully saturated rings. The van der Waals surface area contributed by atoms with Crippen molar-refractivity contribution in [3.8, 4) is 0 Å². The lowest BCUT2D eigenvalue weighted by atomic mass is 9.97. The fourth-order valence-corrected chi connectivity index (χ4v) is 7.91. The van der Waals surface area contributed by atoms with Gasteiger partial charge >= 0.3 is 0 Å². The number of carbonyl (C=O) groups is 9. The number of unbranched alkanes of at least 4 members (excludes halogenated alkanes) is 2. The van der Waals surface area contributed by atoms with Crippen LogP contribution in [0.4, 0.5) is 0 Å². The summed E-state index contributed by atoms with van der Waals surface area (Å²) in [7, 11) is 0. The third-order valence-electron chi connectivity index (χ3n) is 11.3. The van der Waals surface area contributed by atoms with E-state index in [1.165, 1.54) is 6.92 Å². The quantitative estimate of drug-likeness (QED) is 0.0403. The highest BCUT2D eigenvalue weighted by atomic mass is 16.2. The summed E-state index contributed by atoms with van der Waals surface area (Å²) in [6.07, 6.45) is 4.08. The van der Waals surface area contributed by atoms with Crippen LogP contribution in [0.2, 0.25) is 0 Å². The molecular weight excluding hydrogens is 899 g/mol. The van der Waals surface area contributed by atoms with Crippen LogP contribution in [0.25, 0.3) is 0 Å². The van der Waals surface area contributed by atoms with E-state index in [-0.39, 0.29) is 74.0 Å². The molecule has 0 aliphatic heterocycles. The number of amides is 9. The highest BCUT2D eigenvalue weighted by molar-refractivity contribution is 5.98. The second-order valence-corrected chi connectivity index (χ2v) is 21.4. The summed E-state index contributed by atoms with van der Waals surface area (Å²) < 4.78 is 0. The van der Waals surface area contributed by atoms with E-state index in [4.69, 9.17) is 17.2 Å². The average Bonchev–Trinajstić information content (AvgIpc) is 3.22. The molecule has 0 saturated carbocycles. The summed E-state index contributed by atoms with van der Waals surface area (Å²) in [5.74, 6) is -5.73. The third-order valence-corrected chi connectivity index (χ3v) is 11.3. The molecule has 8 atom stereocenters. The monoisotopic (exact) mass is 994 g/mol. The van der Waals surface area contributed by atoms with Crippen LogP contribution in [0.3, 0.4) is 0 Å². The average molecular weight is 994 g/mol. The van der Waals surface area contributed by atoms with Crippen LogP contribution in [0.5, 0.6) is 0 Å². The van der Waals surface area contributed by atoms with Gasteiger partial charge in [0.15, 0.2) is 0 Å². The van der Waals surface area contributed by atoms with Crippen LogP contribution in [-0.4, -0.2) is 115 Å². The van der Waals surface area contributed by atoms with Crippen LogP contribution < -0.4 is 59.7 Å². The first-order valence-electron chi connectivity index (χ1n) is 25.7. The second kappa shape index (κ2) is 34.5. The molecule has 0 aromatic carbocycles. The number of hydrogen-bond donors (Lipinski definition) is 11. The number of carbonyl (C=O) groups excluding carboxylic acids is 9. The Morgan fingerprint density at radius 1 is 0.314 bits per heavy atom. The molecule has 14 N–H and O–H groups in total. The van der Waals surface area contributed by atoms with E-state index in [1.807, 2.05) is 83.1 Å². The third kappa shape index (κ3) is 28.1. The van der Waals surface area contributed by atoms with Crippen molar-refractivity contribution in [3.63, 3.8) is 0 Å². The van der Waals surface area contributed by atoms with Crippen LogP contribution in [0.15, 0.2) is 0 Å². The van der Waals surface area contributed by atoms with Gasteiger partial charge < -0.3 is 59.7 Å². The number of hydrogen-bond acceptors (Lipinski definition) is 11. The molecule has 0 radical (unpaired) electrons. The first kappa shape index (κ1) is 65.1. The van der Waals surface area contributed by atoms with Crippen LogP contribution in [0.1, 0.15) is 167 Å². The maximum absolute atomic E-state index is 14.3. The molecular formula is C50H95N11O9. The standard InChI is InChI=1S/C50H95N11O9/c1-28(2)22-37(43(53)63)56-46(66)38(23-29(3)4)58-48(68)40(25-31(7)8)60-50(70)42(27-33(11)12)61-49(69)41(26-32(9)10)59-47(67)39(24-30(5)6)57-45(65)36(19-15-17-21-52)55-44(64)35(54-34(13)62)18-14-16-20-51/h28-33,35-42H,14-27,51-52H2,1-13H3,(H2,53,63)(H,54,62)(H,55,64)(H,56,66)(H,57,65)(H,58,68)(H,59,67)(H,60,70)(H,61,69)/t35-,36-,37-,38-,39-,40-,41-,42-/m0/s1. The van der Waals surface area contributed by atoms with Gasteiger partial charge in [-0.3, -0.25) is 43.2 Å². The number of primary amides is 1. The summed E-state index contributed by atoms with van der Waals surface area (Å²) >= 11 is 0. The number of nitrogens with two attached hydrogens (primary N) is 3. The minimum atomic E-state index is -1.14.